The lowest BCUT2D eigenvalue weighted by Crippen LogP contribution is -2.28. The molecule has 170 valence electrons. The number of rotatable bonds is 0. The van der Waals surface area contributed by atoms with Gasteiger partial charge in [0.2, 0.25) is 0 Å². The predicted molar refractivity (Wildman–Crippen MR) is 153 cm³/mol. The number of thiophene rings is 1. The predicted octanol–water partition coefficient (Wildman–Crippen LogP) is 9.30. The Balaban J connectivity index is 1.61. The monoisotopic (exact) mass is 468 g/mol. The molecule has 1 unspecified atom stereocenters. The van der Waals surface area contributed by atoms with Crippen molar-refractivity contribution in [3.05, 3.63) is 149 Å². The Morgan fingerprint density at radius 1 is 0.743 bits per heavy atom. The van der Waals surface area contributed by atoms with Gasteiger partial charge in [-0.3, -0.25) is 0 Å². The number of hydrogen-bond acceptors (Lipinski definition) is 1. The van der Waals surface area contributed by atoms with Crippen molar-refractivity contribution in [1.29, 1.82) is 0 Å². The van der Waals surface area contributed by atoms with E-state index in [0.29, 0.717) is 5.92 Å². The van der Waals surface area contributed by atoms with E-state index in [2.05, 4.69) is 123 Å². The highest BCUT2D eigenvalue weighted by molar-refractivity contribution is 7.20. The normalized spacial score (nSPS) is 21.3. The third kappa shape index (κ3) is 3.34. The van der Waals surface area contributed by atoms with E-state index in [0.717, 1.165) is 17.6 Å². The zero-order valence-electron chi connectivity index (χ0n) is 20.0. The van der Waals surface area contributed by atoms with Crippen LogP contribution in [-0.4, -0.2) is 0 Å². The van der Waals surface area contributed by atoms with Gasteiger partial charge in [0.1, 0.15) is 0 Å². The van der Waals surface area contributed by atoms with Gasteiger partial charge in [-0.2, -0.15) is 0 Å². The van der Waals surface area contributed by atoms with E-state index in [1.54, 1.807) is 0 Å². The molecule has 3 aromatic carbocycles. The molecule has 2 aliphatic rings. The van der Waals surface area contributed by atoms with Gasteiger partial charge >= 0.3 is 0 Å². The summed E-state index contributed by atoms with van der Waals surface area (Å²) in [5.41, 5.74) is 8.07. The van der Waals surface area contributed by atoms with Crippen molar-refractivity contribution in [3.63, 3.8) is 0 Å². The van der Waals surface area contributed by atoms with Gasteiger partial charge in [-0.15, -0.1) is 11.3 Å². The second-order valence-electron chi connectivity index (χ2n) is 9.59. The molecule has 35 heavy (non-hydrogen) atoms. The topological polar surface area (TPSA) is 0 Å². The maximum atomic E-state index is 4.70. The standard InChI is InChI=1S/C34H28S/c1-23-12-4-5-13-24(2)34(30-17-9-6-14-26(30)27-15-7-10-18-31(27)34)25(3)20-21-33-29(22-23)28-16-8-11-19-32(28)35-33/h4-21,23H,2-3,22H2,1H3/b12-4-,13-5-,21-20-. The van der Waals surface area contributed by atoms with Crippen LogP contribution in [0.25, 0.3) is 27.3 Å². The summed E-state index contributed by atoms with van der Waals surface area (Å²) in [6.07, 6.45) is 14.3. The summed E-state index contributed by atoms with van der Waals surface area (Å²) < 4.78 is 1.34. The first kappa shape index (κ1) is 21.8. The van der Waals surface area contributed by atoms with Crippen LogP contribution in [0.2, 0.25) is 0 Å². The van der Waals surface area contributed by atoms with Gasteiger partial charge < -0.3 is 0 Å². The smallest absolute Gasteiger partial charge is 0.0702 e. The SMILES string of the molecule is C=C1/C=C\C=C/C(C)Cc2c(sc3ccccc23)/C=C\C(=C)C12c1ccccc1-c1ccccc12. The molecule has 1 spiro atoms. The Labute approximate surface area is 212 Å². The molecule has 0 saturated carbocycles. The molecular formula is C34H28S. The molecule has 2 aliphatic carbocycles. The maximum Gasteiger partial charge on any atom is 0.0702 e. The Bertz CT molecular complexity index is 1520. The van der Waals surface area contributed by atoms with Gasteiger partial charge in [0, 0.05) is 9.58 Å². The van der Waals surface area contributed by atoms with Gasteiger partial charge in [-0.05, 0) is 68.8 Å². The van der Waals surface area contributed by atoms with Crippen LogP contribution in [-0.2, 0) is 11.8 Å². The molecule has 0 nitrogen and oxygen atoms in total. The van der Waals surface area contributed by atoms with Crippen molar-refractivity contribution in [2.75, 3.05) is 0 Å². The minimum atomic E-state index is -0.495. The Morgan fingerprint density at radius 3 is 2.11 bits per heavy atom. The molecule has 0 aliphatic heterocycles. The quantitative estimate of drug-likeness (QED) is 0.241. The highest BCUT2D eigenvalue weighted by Gasteiger charge is 2.45. The summed E-state index contributed by atoms with van der Waals surface area (Å²) in [7, 11) is 0. The van der Waals surface area contributed by atoms with E-state index in [1.807, 2.05) is 11.3 Å². The van der Waals surface area contributed by atoms with E-state index in [1.165, 1.54) is 42.8 Å². The molecule has 6 rings (SSSR count). The summed E-state index contributed by atoms with van der Waals surface area (Å²) in [6.45, 7) is 11.6. The minimum absolute atomic E-state index is 0.434. The zero-order valence-corrected chi connectivity index (χ0v) is 20.8. The minimum Gasteiger partial charge on any atom is -0.136 e. The lowest BCUT2D eigenvalue weighted by molar-refractivity contribution is 0.728. The highest BCUT2D eigenvalue weighted by atomic mass is 32.1. The summed E-state index contributed by atoms with van der Waals surface area (Å²) >= 11 is 1.87. The first-order chi connectivity index (χ1) is 17.1. The molecule has 0 fully saturated rings. The van der Waals surface area contributed by atoms with E-state index in [4.69, 9.17) is 6.58 Å². The second kappa shape index (κ2) is 8.52. The van der Waals surface area contributed by atoms with Crippen LogP contribution >= 0.6 is 11.3 Å². The fourth-order valence-electron chi connectivity index (χ4n) is 5.84. The van der Waals surface area contributed by atoms with Crippen LogP contribution in [0.15, 0.2) is 127 Å². The third-order valence-electron chi connectivity index (χ3n) is 7.46. The fraction of sp³-hybridized carbons (Fsp3) is 0.118. The molecule has 0 N–H and O–H groups in total. The van der Waals surface area contributed by atoms with Gasteiger partial charge in [0.15, 0.2) is 0 Å². The van der Waals surface area contributed by atoms with Crippen LogP contribution in [0.5, 0.6) is 0 Å². The van der Waals surface area contributed by atoms with Crippen molar-refractivity contribution in [2.45, 2.75) is 18.8 Å². The summed E-state index contributed by atoms with van der Waals surface area (Å²) in [5.74, 6) is 0.434. The van der Waals surface area contributed by atoms with Crippen LogP contribution in [0, 0.1) is 5.92 Å². The maximum absolute atomic E-state index is 4.70. The third-order valence-corrected chi connectivity index (χ3v) is 8.63. The van der Waals surface area contributed by atoms with E-state index < -0.39 is 5.41 Å². The highest BCUT2D eigenvalue weighted by Crippen LogP contribution is 2.56. The van der Waals surface area contributed by atoms with E-state index in [-0.39, 0.29) is 0 Å². The van der Waals surface area contributed by atoms with Crippen LogP contribution in [0.1, 0.15) is 28.5 Å². The molecule has 0 bridgehead atoms. The fourth-order valence-corrected chi connectivity index (χ4v) is 6.98. The van der Waals surface area contributed by atoms with E-state index in [9.17, 15) is 0 Å². The number of hydrogen-bond donors (Lipinski definition) is 0. The van der Waals surface area contributed by atoms with Gasteiger partial charge in [0.05, 0.1) is 5.41 Å². The molecule has 0 saturated heterocycles. The molecule has 4 aromatic rings. The number of allylic oxidation sites excluding steroid dienone is 7. The zero-order chi connectivity index (χ0) is 24.0. The van der Waals surface area contributed by atoms with Crippen molar-refractivity contribution < 1.29 is 0 Å². The van der Waals surface area contributed by atoms with Crippen molar-refractivity contribution in [2.24, 2.45) is 5.92 Å². The van der Waals surface area contributed by atoms with Crippen molar-refractivity contribution in [3.8, 4) is 11.1 Å². The number of fused-ring (bicyclic) bond motifs is 8. The molecule has 0 radical (unpaired) electrons. The molecular weight excluding hydrogens is 440 g/mol. The summed E-state index contributed by atoms with van der Waals surface area (Å²) in [5, 5.41) is 1.36. The van der Waals surface area contributed by atoms with Crippen LogP contribution < -0.4 is 0 Å². The molecule has 0 amide bonds. The van der Waals surface area contributed by atoms with Gasteiger partial charge in [-0.25, -0.2) is 0 Å². The molecule has 1 heterocycles. The Kier molecular flexibility index (Phi) is 5.31. The largest absolute Gasteiger partial charge is 0.136 e. The van der Waals surface area contributed by atoms with Gasteiger partial charge in [-0.1, -0.05) is 117 Å². The molecule has 1 atom stereocenters. The average molecular weight is 469 g/mol. The molecule has 1 heteroatoms. The summed E-state index contributed by atoms with van der Waals surface area (Å²) in [6, 6.07) is 26.2. The molecule has 1 aromatic heterocycles. The first-order valence-corrected chi connectivity index (χ1v) is 13.0. The van der Waals surface area contributed by atoms with Crippen molar-refractivity contribution in [1.82, 2.24) is 0 Å². The second-order valence-corrected chi connectivity index (χ2v) is 10.7. The van der Waals surface area contributed by atoms with E-state index >= 15 is 0 Å². The Morgan fingerprint density at radius 2 is 1.37 bits per heavy atom. The lowest BCUT2D eigenvalue weighted by atomic mass is 9.67. The van der Waals surface area contributed by atoms with Crippen LogP contribution in [0.4, 0.5) is 0 Å². The first-order valence-electron chi connectivity index (χ1n) is 12.2. The number of benzene rings is 3. The van der Waals surface area contributed by atoms with Crippen molar-refractivity contribution >= 4 is 27.5 Å². The lowest BCUT2D eigenvalue weighted by Gasteiger charge is -2.34. The van der Waals surface area contributed by atoms with Crippen LogP contribution in [0.3, 0.4) is 0 Å². The van der Waals surface area contributed by atoms with Gasteiger partial charge in [0.25, 0.3) is 0 Å². The average Bonchev–Trinajstić information content (AvgIpc) is 3.38. The summed E-state index contributed by atoms with van der Waals surface area (Å²) in [4.78, 5) is 1.32. The Hall–Kier alpha value is -3.68.